The molecule has 0 spiro atoms. The van der Waals surface area contributed by atoms with Crippen molar-refractivity contribution >= 4 is 39.0 Å². The Morgan fingerprint density at radius 3 is 2.50 bits per heavy atom. The van der Waals surface area contributed by atoms with Crippen LogP contribution in [0.25, 0.3) is 0 Å². The second kappa shape index (κ2) is 7.71. The molecule has 8 nitrogen and oxygen atoms in total. The van der Waals surface area contributed by atoms with Crippen LogP contribution in [0.5, 0.6) is 0 Å². The first-order valence-corrected chi connectivity index (χ1v) is 9.09. The fraction of sp³-hybridized carbons (Fsp3) is 0.188. The zero-order valence-corrected chi connectivity index (χ0v) is 15.5. The molecule has 0 radical (unpaired) electrons. The van der Waals surface area contributed by atoms with Gasteiger partial charge >= 0.3 is 5.97 Å². The van der Waals surface area contributed by atoms with Crippen molar-refractivity contribution in [1.82, 2.24) is 0 Å². The minimum absolute atomic E-state index is 0.0581. The zero-order valence-electron chi connectivity index (χ0n) is 13.9. The molecule has 0 unspecified atom stereocenters. The average Bonchev–Trinajstić information content (AvgIpc) is 2.60. The van der Waals surface area contributed by atoms with Gasteiger partial charge in [0.05, 0.1) is 27.6 Å². The number of hydrogen-bond acceptors (Lipinski definition) is 6. The number of benzene rings is 2. The van der Waals surface area contributed by atoms with Gasteiger partial charge in [0.2, 0.25) is 0 Å². The summed E-state index contributed by atoms with van der Waals surface area (Å²) in [5.41, 5.74) is 0.0252. The van der Waals surface area contributed by atoms with Crippen LogP contribution in [0.1, 0.15) is 5.56 Å². The summed E-state index contributed by atoms with van der Waals surface area (Å²) in [6.07, 6.45) is 0. The molecule has 0 aliphatic carbocycles. The third kappa shape index (κ3) is 3.94. The number of aryl methyl sites for hydroxylation is 1. The van der Waals surface area contributed by atoms with Gasteiger partial charge in [-0.1, -0.05) is 29.8 Å². The van der Waals surface area contributed by atoms with E-state index in [1.807, 2.05) is 0 Å². The van der Waals surface area contributed by atoms with Gasteiger partial charge in [-0.25, -0.2) is 8.42 Å². The first kappa shape index (κ1) is 19.7. The highest BCUT2D eigenvalue weighted by Crippen LogP contribution is 2.32. The monoisotopic (exact) mass is 398 g/mol. The van der Waals surface area contributed by atoms with Crippen LogP contribution in [0.2, 0.25) is 5.02 Å². The predicted octanol–water partition coefficient (Wildman–Crippen LogP) is 2.92. The molecule has 10 heteroatoms. The number of nitro benzene ring substituents is 1. The number of rotatable bonds is 6. The summed E-state index contributed by atoms with van der Waals surface area (Å²) < 4.78 is 31.4. The molecule has 0 atom stereocenters. The van der Waals surface area contributed by atoms with Gasteiger partial charge in [-0.2, -0.15) is 0 Å². The Morgan fingerprint density at radius 1 is 1.27 bits per heavy atom. The molecule has 0 aromatic heterocycles. The van der Waals surface area contributed by atoms with Crippen LogP contribution in [-0.4, -0.2) is 33.0 Å². The number of sulfonamides is 1. The van der Waals surface area contributed by atoms with Crippen LogP contribution in [-0.2, 0) is 19.6 Å². The molecule has 0 amide bonds. The largest absolute Gasteiger partial charge is 0.468 e. The van der Waals surface area contributed by atoms with E-state index in [1.54, 1.807) is 12.1 Å². The van der Waals surface area contributed by atoms with E-state index in [-0.39, 0.29) is 21.3 Å². The highest BCUT2D eigenvalue weighted by Gasteiger charge is 2.30. The van der Waals surface area contributed by atoms with Crippen LogP contribution in [0.4, 0.5) is 11.4 Å². The van der Waals surface area contributed by atoms with Crippen molar-refractivity contribution in [3.8, 4) is 0 Å². The Bertz CT molecular complexity index is 961. The summed E-state index contributed by atoms with van der Waals surface area (Å²) >= 11 is 6.08. The summed E-state index contributed by atoms with van der Waals surface area (Å²) in [5.74, 6) is -0.810. The third-order valence-corrected chi connectivity index (χ3v) is 5.66. The van der Waals surface area contributed by atoms with Gasteiger partial charge in [-0.05, 0) is 25.1 Å². The number of anilines is 1. The molecule has 0 N–H and O–H groups in total. The second-order valence-corrected chi connectivity index (χ2v) is 7.51. The Kier molecular flexibility index (Phi) is 5.83. The summed E-state index contributed by atoms with van der Waals surface area (Å²) in [5, 5.41) is 11.2. The number of hydrogen-bond donors (Lipinski definition) is 0. The summed E-state index contributed by atoms with van der Waals surface area (Å²) in [6.45, 7) is 0.860. The first-order chi connectivity index (χ1) is 12.2. The molecule has 2 aromatic rings. The number of ether oxygens (including phenoxy) is 1. The van der Waals surface area contributed by atoms with Crippen molar-refractivity contribution in [1.29, 1.82) is 0 Å². The molecule has 138 valence electrons. The summed E-state index contributed by atoms with van der Waals surface area (Å²) in [4.78, 5) is 21.8. The van der Waals surface area contributed by atoms with Crippen molar-refractivity contribution in [3.05, 3.63) is 63.2 Å². The van der Waals surface area contributed by atoms with Gasteiger partial charge in [0.25, 0.3) is 15.7 Å². The van der Waals surface area contributed by atoms with Gasteiger partial charge in [-0.15, -0.1) is 0 Å². The van der Waals surface area contributed by atoms with E-state index in [0.29, 0.717) is 5.56 Å². The summed E-state index contributed by atoms with van der Waals surface area (Å²) in [6, 6.07) is 9.56. The number of esters is 1. The van der Waals surface area contributed by atoms with Crippen molar-refractivity contribution < 1.29 is 22.9 Å². The van der Waals surface area contributed by atoms with E-state index in [9.17, 15) is 23.3 Å². The highest BCUT2D eigenvalue weighted by atomic mass is 35.5. The number of para-hydroxylation sites is 1. The number of carbonyl (C=O) groups excluding carboxylic acids is 1. The SMILES string of the molecule is COC(=O)CN(c1ccccc1Cl)S(=O)(=O)c1ccc(C)c([N+](=O)[O-])c1. The maximum atomic E-state index is 13.1. The minimum atomic E-state index is -4.31. The standard InChI is InChI=1S/C16H15ClN2O6S/c1-11-7-8-12(9-15(11)19(21)22)26(23,24)18(10-16(20)25-2)14-6-4-3-5-13(14)17/h3-9H,10H2,1-2H3. The van der Waals surface area contributed by atoms with Crippen molar-refractivity contribution in [2.24, 2.45) is 0 Å². The van der Waals surface area contributed by atoms with E-state index < -0.39 is 27.5 Å². The number of carbonyl (C=O) groups is 1. The molecule has 2 aromatic carbocycles. The molecule has 0 bridgehead atoms. The van der Waals surface area contributed by atoms with Crippen LogP contribution < -0.4 is 4.31 Å². The Balaban J connectivity index is 2.63. The van der Waals surface area contributed by atoms with Gasteiger partial charge in [0.15, 0.2) is 0 Å². The van der Waals surface area contributed by atoms with Crippen LogP contribution in [0.15, 0.2) is 47.4 Å². The van der Waals surface area contributed by atoms with Crippen molar-refractivity contribution in [3.63, 3.8) is 0 Å². The topological polar surface area (TPSA) is 107 Å². The smallest absolute Gasteiger partial charge is 0.326 e. The van der Waals surface area contributed by atoms with Crippen molar-refractivity contribution in [2.75, 3.05) is 18.0 Å². The maximum Gasteiger partial charge on any atom is 0.326 e. The highest BCUT2D eigenvalue weighted by molar-refractivity contribution is 7.92. The Labute approximate surface area is 155 Å². The molecule has 0 aliphatic heterocycles. The normalized spacial score (nSPS) is 11.0. The second-order valence-electron chi connectivity index (χ2n) is 5.24. The molecule has 0 fully saturated rings. The molecular formula is C16H15ClN2O6S. The first-order valence-electron chi connectivity index (χ1n) is 7.27. The molecule has 0 saturated carbocycles. The average molecular weight is 399 g/mol. The lowest BCUT2D eigenvalue weighted by molar-refractivity contribution is -0.385. The van der Waals surface area contributed by atoms with E-state index in [0.717, 1.165) is 17.5 Å². The quantitative estimate of drug-likeness (QED) is 0.420. The van der Waals surface area contributed by atoms with E-state index in [1.165, 1.54) is 31.2 Å². The molecule has 26 heavy (non-hydrogen) atoms. The van der Waals surface area contributed by atoms with E-state index in [4.69, 9.17) is 11.6 Å². The summed E-state index contributed by atoms with van der Waals surface area (Å²) in [7, 11) is -3.19. The lowest BCUT2D eigenvalue weighted by Crippen LogP contribution is -2.36. The van der Waals surface area contributed by atoms with Crippen LogP contribution in [0.3, 0.4) is 0 Å². The van der Waals surface area contributed by atoms with E-state index in [2.05, 4.69) is 4.74 Å². The van der Waals surface area contributed by atoms with Gasteiger partial charge in [-0.3, -0.25) is 19.2 Å². The molecule has 0 aliphatic rings. The van der Waals surface area contributed by atoms with Crippen molar-refractivity contribution in [2.45, 2.75) is 11.8 Å². The molecule has 0 heterocycles. The van der Waals surface area contributed by atoms with Crippen LogP contribution >= 0.6 is 11.6 Å². The predicted molar refractivity (Wildman–Crippen MR) is 95.8 cm³/mol. The number of halogens is 1. The fourth-order valence-electron chi connectivity index (χ4n) is 2.21. The lowest BCUT2D eigenvalue weighted by Gasteiger charge is -2.24. The molecular weight excluding hydrogens is 384 g/mol. The minimum Gasteiger partial charge on any atom is -0.468 e. The third-order valence-electron chi connectivity index (χ3n) is 3.59. The number of nitro groups is 1. The Morgan fingerprint density at radius 2 is 1.92 bits per heavy atom. The van der Waals surface area contributed by atoms with Gasteiger partial charge in [0, 0.05) is 11.6 Å². The van der Waals surface area contributed by atoms with Gasteiger partial charge < -0.3 is 4.74 Å². The van der Waals surface area contributed by atoms with E-state index >= 15 is 0 Å². The maximum absolute atomic E-state index is 13.1. The van der Waals surface area contributed by atoms with Gasteiger partial charge in [0.1, 0.15) is 6.54 Å². The number of nitrogens with zero attached hydrogens (tertiary/aromatic N) is 2. The molecule has 0 saturated heterocycles. The number of methoxy groups -OCH3 is 1. The Hall–Kier alpha value is -2.65. The molecule has 2 rings (SSSR count). The van der Waals surface area contributed by atoms with Crippen LogP contribution in [0, 0.1) is 17.0 Å². The lowest BCUT2D eigenvalue weighted by atomic mass is 10.2. The fourth-order valence-corrected chi connectivity index (χ4v) is 3.95. The zero-order chi connectivity index (χ0) is 19.5.